The zero-order valence-corrected chi connectivity index (χ0v) is 13.9. The van der Waals surface area contributed by atoms with E-state index in [1.165, 1.54) is 10.9 Å². The third-order valence-electron chi connectivity index (χ3n) is 3.34. The van der Waals surface area contributed by atoms with Gasteiger partial charge in [0.1, 0.15) is 0 Å². The number of unbranched alkanes of at least 4 members (excludes halogenated alkanes) is 1. The molecule has 2 aromatic rings. The van der Waals surface area contributed by atoms with Gasteiger partial charge in [-0.1, -0.05) is 24.9 Å². The zero-order chi connectivity index (χ0) is 16.8. The van der Waals surface area contributed by atoms with Crippen molar-refractivity contribution in [3.63, 3.8) is 0 Å². The molecule has 0 spiro atoms. The summed E-state index contributed by atoms with van der Waals surface area (Å²) in [6.07, 6.45) is 3.55. The lowest BCUT2D eigenvalue weighted by Crippen LogP contribution is -2.19. The van der Waals surface area contributed by atoms with Gasteiger partial charge in [-0.3, -0.25) is 14.7 Å². The summed E-state index contributed by atoms with van der Waals surface area (Å²) in [5, 5.41) is 7.44. The molecule has 0 atom stereocenters. The van der Waals surface area contributed by atoms with Crippen LogP contribution in [0.15, 0.2) is 34.2 Å². The number of aryl methyl sites for hydroxylation is 1. The van der Waals surface area contributed by atoms with Crippen molar-refractivity contribution in [2.45, 2.75) is 33.1 Å². The second-order valence-electron chi connectivity index (χ2n) is 5.16. The predicted octanol–water partition coefficient (Wildman–Crippen LogP) is 2.77. The van der Waals surface area contributed by atoms with Crippen LogP contribution in [0.5, 0.6) is 0 Å². The molecule has 0 unspecified atom stereocenters. The van der Waals surface area contributed by atoms with Gasteiger partial charge >= 0.3 is 0 Å². The van der Waals surface area contributed by atoms with Crippen LogP contribution < -0.4 is 11.0 Å². The highest BCUT2D eigenvalue weighted by molar-refractivity contribution is 6.30. The fourth-order valence-corrected chi connectivity index (χ4v) is 2.17. The molecule has 0 fully saturated rings. The number of rotatable bonds is 6. The van der Waals surface area contributed by atoms with E-state index in [-0.39, 0.29) is 11.5 Å². The molecule has 0 saturated carbocycles. The predicted molar refractivity (Wildman–Crippen MR) is 91.4 cm³/mol. The number of benzene rings is 1. The summed E-state index contributed by atoms with van der Waals surface area (Å²) in [7, 11) is 0. The topological polar surface area (TPSA) is 79.2 Å². The minimum Gasteiger partial charge on any atom is -0.295 e. The summed E-state index contributed by atoms with van der Waals surface area (Å²) in [4.78, 5) is 23.9. The quantitative estimate of drug-likeness (QED) is 0.629. The highest BCUT2D eigenvalue weighted by Crippen LogP contribution is 2.12. The van der Waals surface area contributed by atoms with E-state index in [0.717, 1.165) is 12.8 Å². The Morgan fingerprint density at radius 1 is 1.39 bits per heavy atom. The van der Waals surface area contributed by atoms with Gasteiger partial charge in [-0.25, -0.2) is 10.1 Å². The number of hydrazone groups is 1. The lowest BCUT2D eigenvalue weighted by molar-refractivity contribution is -0.121. The molecule has 0 saturated heterocycles. The summed E-state index contributed by atoms with van der Waals surface area (Å²) in [6.45, 7) is 3.78. The number of aromatic amines is 1. The standard InChI is InChI=1S/C16H19ClN4O2/c1-3-4-5-15(22)19-18-10-14-11(2)20-21(16(14)23)13-8-6-12(17)7-9-13/h6-10,20H,3-5H2,1-2H3,(H,19,22). The van der Waals surface area contributed by atoms with Gasteiger partial charge in [0.2, 0.25) is 5.91 Å². The van der Waals surface area contributed by atoms with E-state index in [1.807, 2.05) is 6.92 Å². The van der Waals surface area contributed by atoms with Crippen LogP contribution in [0.4, 0.5) is 0 Å². The first-order valence-corrected chi connectivity index (χ1v) is 7.80. The molecule has 0 aliphatic rings. The maximum Gasteiger partial charge on any atom is 0.280 e. The van der Waals surface area contributed by atoms with Crippen molar-refractivity contribution in [3.05, 3.63) is 50.9 Å². The van der Waals surface area contributed by atoms with Crippen molar-refractivity contribution in [3.8, 4) is 5.69 Å². The summed E-state index contributed by atoms with van der Waals surface area (Å²) < 4.78 is 1.41. The first-order valence-electron chi connectivity index (χ1n) is 7.42. The zero-order valence-electron chi connectivity index (χ0n) is 13.1. The maximum atomic E-state index is 12.4. The SMILES string of the molecule is CCCCC(=O)NN=Cc1c(C)[nH]n(-c2ccc(Cl)cc2)c1=O. The van der Waals surface area contributed by atoms with Crippen molar-refractivity contribution in [2.24, 2.45) is 5.10 Å². The largest absolute Gasteiger partial charge is 0.295 e. The van der Waals surface area contributed by atoms with Crippen LogP contribution >= 0.6 is 11.6 Å². The number of halogens is 1. The minimum atomic E-state index is -0.239. The highest BCUT2D eigenvalue weighted by atomic mass is 35.5. The van der Waals surface area contributed by atoms with E-state index in [1.54, 1.807) is 31.2 Å². The number of carbonyl (C=O) groups is 1. The number of hydrogen-bond donors (Lipinski definition) is 2. The molecular weight excluding hydrogens is 316 g/mol. The Balaban J connectivity index is 2.16. The molecule has 1 aromatic heterocycles. The molecule has 1 aromatic carbocycles. The van der Waals surface area contributed by atoms with Crippen molar-refractivity contribution >= 4 is 23.7 Å². The molecule has 1 heterocycles. The van der Waals surface area contributed by atoms with Gasteiger partial charge in [-0.15, -0.1) is 0 Å². The summed E-state index contributed by atoms with van der Waals surface area (Å²) in [6, 6.07) is 6.91. The fraction of sp³-hybridized carbons (Fsp3) is 0.312. The molecule has 23 heavy (non-hydrogen) atoms. The molecule has 1 amide bonds. The first-order chi connectivity index (χ1) is 11.0. The van der Waals surface area contributed by atoms with Crippen LogP contribution in [0.3, 0.4) is 0 Å². The maximum absolute atomic E-state index is 12.4. The number of aromatic nitrogens is 2. The number of nitrogens with zero attached hydrogens (tertiary/aromatic N) is 2. The average molecular weight is 335 g/mol. The number of amides is 1. The van der Waals surface area contributed by atoms with E-state index < -0.39 is 0 Å². The van der Waals surface area contributed by atoms with E-state index in [0.29, 0.717) is 28.4 Å². The molecule has 0 aliphatic carbocycles. The van der Waals surface area contributed by atoms with Crippen LogP contribution in [0.1, 0.15) is 37.4 Å². The molecule has 2 N–H and O–H groups in total. The molecule has 0 radical (unpaired) electrons. The van der Waals surface area contributed by atoms with Crippen LogP contribution in [0, 0.1) is 6.92 Å². The molecule has 2 rings (SSSR count). The van der Waals surface area contributed by atoms with E-state index >= 15 is 0 Å². The Morgan fingerprint density at radius 2 is 2.09 bits per heavy atom. The fourth-order valence-electron chi connectivity index (χ4n) is 2.05. The summed E-state index contributed by atoms with van der Waals surface area (Å²) in [5.41, 5.74) is 3.93. The van der Waals surface area contributed by atoms with Crippen molar-refractivity contribution in [2.75, 3.05) is 0 Å². The van der Waals surface area contributed by atoms with Gasteiger partial charge in [-0.2, -0.15) is 5.10 Å². The van der Waals surface area contributed by atoms with E-state index in [9.17, 15) is 9.59 Å². The molecule has 0 aliphatic heterocycles. The van der Waals surface area contributed by atoms with E-state index in [4.69, 9.17) is 11.6 Å². The highest BCUT2D eigenvalue weighted by Gasteiger charge is 2.10. The van der Waals surface area contributed by atoms with Crippen molar-refractivity contribution in [1.82, 2.24) is 15.2 Å². The number of carbonyl (C=O) groups excluding carboxylic acids is 1. The van der Waals surface area contributed by atoms with Crippen molar-refractivity contribution in [1.29, 1.82) is 0 Å². The third-order valence-corrected chi connectivity index (χ3v) is 3.59. The van der Waals surface area contributed by atoms with Crippen LogP contribution in [0.25, 0.3) is 5.69 Å². The second-order valence-corrected chi connectivity index (χ2v) is 5.60. The second kappa shape index (κ2) is 7.78. The van der Waals surface area contributed by atoms with Crippen LogP contribution in [0.2, 0.25) is 5.02 Å². The van der Waals surface area contributed by atoms with Gasteiger partial charge < -0.3 is 0 Å². The minimum absolute atomic E-state index is 0.158. The van der Waals surface area contributed by atoms with Gasteiger partial charge in [0.15, 0.2) is 0 Å². The summed E-state index contributed by atoms with van der Waals surface area (Å²) in [5.74, 6) is -0.158. The molecule has 0 bridgehead atoms. The number of nitrogens with one attached hydrogen (secondary N) is 2. The molecular formula is C16H19ClN4O2. The monoisotopic (exact) mass is 334 g/mol. The Bertz CT molecular complexity index is 759. The van der Waals surface area contributed by atoms with Gasteiger partial charge in [-0.05, 0) is 37.6 Å². The Labute approximate surface area is 139 Å². The van der Waals surface area contributed by atoms with Crippen LogP contribution in [-0.2, 0) is 4.79 Å². The van der Waals surface area contributed by atoms with Crippen LogP contribution in [-0.4, -0.2) is 21.9 Å². The van der Waals surface area contributed by atoms with Crippen molar-refractivity contribution < 1.29 is 4.79 Å². The number of hydrogen-bond acceptors (Lipinski definition) is 3. The molecule has 7 heteroatoms. The third kappa shape index (κ3) is 4.32. The summed E-state index contributed by atoms with van der Waals surface area (Å²) >= 11 is 5.85. The lowest BCUT2D eigenvalue weighted by Gasteiger charge is -2.00. The number of H-pyrrole nitrogens is 1. The smallest absolute Gasteiger partial charge is 0.280 e. The van der Waals surface area contributed by atoms with Gasteiger partial charge in [0.05, 0.1) is 17.5 Å². The Hall–Kier alpha value is -2.34. The van der Waals surface area contributed by atoms with E-state index in [2.05, 4.69) is 15.6 Å². The Kier molecular flexibility index (Phi) is 5.76. The normalized spacial score (nSPS) is 11.1. The van der Waals surface area contributed by atoms with Gasteiger partial charge in [0.25, 0.3) is 5.56 Å². The molecule has 122 valence electrons. The molecule has 6 nitrogen and oxygen atoms in total. The lowest BCUT2D eigenvalue weighted by atomic mass is 10.2. The average Bonchev–Trinajstić information content (AvgIpc) is 2.81. The Morgan fingerprint density at radius 3 is 2.74 bits per heavy atom. The van der Waals surface area contributed by atoms with Gasteiger partial charge in [0, 0.05) is 17.1 Å². The first kappa shape index (κ1) is 17.0.